The lowest BCUT2D eigenvalue weighted by molar-refractivity contribution is 0.0451. The highest BCUT2D eigenvalue weighted by Crippen LogP contribution is 2.19. The zero-order valence-electron chi connectivity index (χ0n) is 10.7. The first kappa shape index (κ1) is 12.5. The van der Waals surface area contributed by atoms with E-state index in [1.807, 2.05) is 31.2 Å². The number of benzene rings is 1. The average Bonchev–Trinajstić information content (AvgIpc) is 2.75. The number of carbonyl (C=O) groups excluding carboxylic acids is 1. The number of hydrogen-bond acceptors (Lipinski definition) is 3. The molecule has 1 aromatic heterocycles. The second kappa shape index (κ2) is 5.58. The number of rotatable bonds is 5. The minimum absolute atomic E-state index is 0.355. The highest BCUT2D eigenvalue weighted by Gasteiger charge is 2.17. The minimum Gasteiger partial charge on any atom is -0.461 e. The Bertz CT molecular complexity index is 545. The molecule has 2 rings (SSSR count). The molecule has 1 heterocycles. The number of para-hydroxylation sites is 1. The van der Waals surface area contributed by atoms with Gasteiger partial charge in [0.15, 0.2) is 5.69 Å². The van der Waals surface area contributed by atoms with Gasteiger partial charge in [-0.3, -0.25) is 0 Å². The second-order valence-electron chi connectivity index (χ2n) is 3.94. The molecule has 0 atom stereocenters. The molecule has 96 valence electrons. The van der Waals surface area contributed by atoms with E-state index >= 15 is 0 Å². The van der Waals surface area contributed by atoms with Crippen molar-refractivity contribution in [1.82, 2.24) is 4.73 Å². The summed E-state index contributed by atoms with van der Waals surface area (Å²) in [5.74, 6) is -0.357. The van der Waals surface area contributed by atoms with Crippen LogP contribution in [0.4, 0.5) is 0 Å². The van der Waals surface area contributed by atoms with Crippen LogP contribution in [0.25, 0.3) is 10.9 Å². The van der Waals surface area contributed by atoms with Crippen LogP contribution in [0.5, 0.6) is 0 Å². The van der Waals surface area contributed by atoms with Crippen molar-refractivity contribution in [3.05, 3.63) is 36.0 Å². The molecule has 0 aliphatic heterocycles. The van der Waals surface area contributed by atoms with E-state index in [0.717, 1.165) is 17.3 Å². The van der Waals surface area contributed by atoms with Gasteiger partial charge in [0.05, 0.1) is 12.1 Å². The molecule has 2 aromatic rings. The quantitative estimate of drug-likeness (QED) is 0.763. The summed E-state index contributed by atoms with van der Waals surface area (Å²) in [6.07, 6.45) is 0.884. The maximum absolute atomic E-state index is 11.9. The summed E-state index contributed by atoms with van der Waals surface area (Å²) in [5, 5.41) is 0.969. The van der Waals surface area contributed by atoms with E-state index in [0.29, 0.717) is 18.9 Å². The van der Waals surface area contributed by atoms with Crippen molar-refractivity contribution >= 4 is 16.9 Å². The predicted molar refractivity (Wildman–Crippen MR) is 69.6 cm³/mol. The molecule has 18 heavy (non-hydrogen) atoms. The van der Waals surface area contributed by atoms with Crippen molar-refractivity contribution in [1.29, 1.82) is 0 Å². The fourth-order valence-electron chi connectivity index (χ4n) is 1.80. The fourth-order valence-corrected chi connectivity index (χ4v) is 1.80. The molecule has 0 aliphatic carbocycles. The van der Waals surface area contributed by atoms with Gasteiger partial charge in [-0.2, -0.15) is 4.73 Å². The van der Waals surface area contributed by atoms with Crippen molar-refractivity contribution in [3.63, 3.8) is 0 Å². The van der Waals surface area contributed by atoms with Gasteiger partial charge < -0.3 is 9.57 Å². The highest BCUT2D eigenvalue weighted by atomic mass is 16.7. The molecule has 0 spiro atoms. The van der Waals surface area contributed by atoms with E-state index in [9.17, 15) is 4.79 Å². The van der Waals surface area contributed by atoms with Crippen LogP contribution in [-0.2, 0) is 4.74 Å². The van der Waals surface area contributed by atoms with E-state index in [1.165, 1.54) is 0 Å². The van der Waals surface area contributed by atoms with Crippen LogP contribution in [0.2, 0.25) is 0 Å². The predicted octanol–water partition coefficient (Wildman–Crippen LogP) is 2.66. The van der Waals surface area contributed by atoms with E-state index in [-0.39, 0.29) is 5.97 Å². The Balaban J connectivity index is 2.46. The lowest BCUT2D eigenvalue weighted by Crippen LogP contribution is -2.19. The van der Waals surface area contributed by atoms with Gasteiger partial charge in [-0.15, -0.1) is 0 Å². The number of aromatic nitrogens is 1. The molecule has 0 fully saturated rings. The minimum atomic E-state index is -0.357. The third kappa shape index (κ3) is 2.32. The summed E-state index contributed by atoms with van der Waals surface area (Å²) < 4.78 is 6.60. The number of ether oxygens (including phenoxy) is 1. The Kier molecular flexibility index (Phi) is 3.87. The van der Waals surface area contributed by atoms with E-state index < -0.39 is 0 Å². The smallest absolute Gasteiger partial charge is 0.358 e. The number of carbonyl (C=O) groups is 1. The van der Waals surface area contributed by atoms with Gasteiger partial charge in [-0.1, -0.05) is 25.1 Å². The van der Waals surface area contributed by atoms with Gasteiger partial charge in [0.2, 0.25) is 0 Å². The first-order valence-corrected chi connectivity index (χ1v) is 6.18. The Morgan fingerprint density at radius 2 is 2.06 bits per heavy atom. The lowest BCUT2D eigenvalue weighted by Gasteiger charge is -2.10. The Morgan fingerprint density at radius 3 is 2.78 bits per heavy atom. The van der Waals surface area contributed by atoms with Crippen molar-refractivity contribution in [3.8, 4) is 0 Å². The third-order valence-corrected chi connectivity index (χ3v) is 2.58. The topological polar surface area (TPSA) is 40.5 Å². The maximum Gasteiger partial charge on any atom is 0.358 e. The van der Waals surface area contributed by atoms with Gasteiger partial charge in [-0.25, -0.2) is 4.79 Å². The maximum atomic E-state index is 11.9. The number of hydrogen-bond donors (Lipinski definition) is 0. The molecule has 0 N–H and O–H groups in total. The number of esters is 1. The monoisotopic (exact) mass is 247 g/mol. The summed E-state index contributed by atoms with van der Waals surface area (Å²) in [6.45, 7) is 4.73. The molecule has 0 unspecified atom stereocenters. The zero-order chi connectivity index (χ0) is 13.0. The standard InChI is InChI=1S/C14H17NO3/c1-3-9-18-15-12-8-6-5-7-11(12)10-13(15)14(16)17-4-2/h5-8,10H,3-4,9H2,1-2H3. The van der Waals surface area contributed by atoms with Crippen LogP contribution in [-0.4, -0.2) is 23.9 Å². The molecular weight excluding hydrogens is 230 g/mol. The Morgan fingerprint density at radius 1 is 1.28 bits per heavy atom. The lowest BCUT2D eigenvalue weighted by atomic mass is 10.2. The van der Waals surface area contributed by atoms with Crippen molar-refractivity contribution < 1.29 is 14.4 Å². The molecule has 0 amide bonds. The van der Waals surface area contributed by atoms with Crippen LogP contribution in [0, 0.1) is 0 Å². The summed E-state index contributed by atoms with van der Waals surface area (Å²) in [6, 6.07) is 9.52. The molecule has 0 radical (unpaired) electrons. The first-order chi connectivity index (χ1) is 8.77. The highest BCUT2D eigenvalue weighted by molar-refractivity contribution is 5.95. The van der Waals surface area contributed by atoms with Gasteiger partial charge >= 0.3 is 5.97 Å². The van der Waals surface area contributed by atoms with Crippen LogP contribution in [0.1, 0.15) is 30.8 Å². The van der Waals surface area contributed by atoms with E-state index in [2.05, 4.69) is 0 Å². The third-order valence-electron chi connectivity index (χ3n) is 2.58. The van der Waals surface area contributed by atoms with Crippen molar-refractivity contribution in [2.45, 2.75) is 20.3 Å². The van der Waals surface area contributed by atoms with Gasteiger partial charge in [0.25, 0.3) is 0 Å². The Labute approximate surface area is 106 Å². The van der Waals surface area contributed by atoms with Crippen LogP contribution in [0.3, 0.4) is 0 Å². The van der Waals surface area contributed by atoms with Crippen molar-refractivity contribution in [2.24, 2.45) is 0 Å². The van der Waals surface area contributed by atoms with Gasteiger partial charge in [0.1, 0.15) is 6.61 Å². The summed E-state index contributed by atoms with van der Waals surface area (Å²) in [5.41, 5.74) is 1.32. The van der Waals surface area contributed by atoms with Crippen molar-refractivity contribution in [2.75, 3.05) is 13.2 Å². The molecule has 4 nitrogen and oxygen atoms in total. The number of nitrogens with zero attached hydrogens (tertiary/aromatic N) is 1. The molecule has 4 heteroatoms. The van der Waals surface area contributed by atoms with Crippen LogP contribution in [0.15, 0.2) is 30.3 Å². The first-order valence-electron chi connectivity index (χ1n) is 6.18. The van der Waals surface area contributed by atoms with Crippen LogP contribution >= 0.6 is 0 Å². The molecule has 0 saturated heterocycles. The summed E-state index contributed by atoms with van der Waals surface area (Å²) in [4.78, 5) is 17.5. The zero-order valence-corrected chi connectivity index (χ0v) is 10.7. The molecule has 0 saturated carbocycles. The number of fused-ring (bicyclic) bond motifs is 1. The summed E-state index contributed by atoms with van der Waals surface area (Å²) in [7, 11) is 0. The average molecular weight is 247 g/mol. The van der Waals surface area contributed by atoms with E-state index in [1.54, 1.807) is 17.7 Å². The SMILES string of the molecule is CCCOn1c(C(=O)OCC)cc2ccccc21. The fraction of sp³-hybridized carbons (Fsp3) is 0.357. The molecular formula is C14H17NO3. The summed E-state index contributed by atoms with van der Waals surface area (Å²) >= 11 is 0. The van der Waals surface area contributed by atoms with Crippen LogP contribution < -0.4 is 4.84 Å². The largest absolute Gasteiger partial charge is 0.461 e. The normalized spacial score (nSPS) is 10.6. The Hall–Kier alpha value is -1.97. The van der Waals surface area contributed by atoms with E-state index in [4.69, 9.17) is 9.57 Å². The molecule has 1 aromatic carbocycles. The van der Waals surface area contributed by atoms with Gasteiger partial charge in [-0.05, 0) is 25.5 Å². The molecule has 0 bridgehead atoms. The molecule has 0 aliphatic rings. The second-order valence-corrected chi connectivity index (χ2v) is 3.94. The van der Waals surface area contributed by atoms with Gasteiger partial charge in [0, 0.05) is 5.39 Å².